The van der Waals surface area contributed by atoms with E-state index in [0.717, 1.165) is 13.1 Å². The second-order valence-corrected chi connectivity index (χ2v) is 5.78. The molecule has 0 atom stereocenters. The van der Waals surface area contributed by atoms with E-state index in [0.29, 0.717) is 6.17 Å². The van der Waals surface area contributed by atoms with Gasteiger partial charge in [-0.3, -0.25) is 10.6 Å². The van der Waals surface area contributed by atoms with E-state index in [2.05, 4.69) is 78.2 Å². The summed E-state index contributed by atoms with van der Waals surface area (Å²) in [4.78, 5) is 0. The summed E-state index contributed by atoms with van der Waals surface area (Å²) in [5, 5.41) is 7.31. The van der Waals surface area contributed by atoms with Crippen LogP contribution in [0.15, 0.2) is 60.7 Å². The Balaban J connectivity index is 1.82. The molecule has 2 heteroatoms. The molecular weight excluding hydrogens is 268 g/mol. The highest BCUT2D eigenvalue weighted by Gasteiger charge is 2.07. The molecule has 118 valence electrons. The zero-order valence-electron chi connectivity index (χ0n) is 13.6. The number of hydrogen-bond acceptors (Lipinski definition) is 2. The van der Waals surface area contributed by atoms with Crippen LogP contribution in [-0.2, 0) is 13.1 Å². The summed E-state index contributed by atoms with van der Waals surface area (Å²) in [5.41, 5.74) is 2.68. The third-order valence-electron chi connectivity index (χ3n) is 3.89. The number of nitrogens with one attached hydrogen (secondary N) is 2. The van der Waals surface area contributed by atoms with E-state index in [1.54, 1.807) is 0 Å². The summed E-state index contributed by atoms with van der Waals surface area (Å²) in [5.74, 6) is 0. The lowest BCUT2D eigenvalue weighted by atomic mass is 10.1. The highest BCUT2D eigenvalue weighted by molar-refractivity contribution is 5.15. The summed E-state index contributed by atoms with van der Waals surface area (Å²) >= 11 is 0. The molecule has 2 nitrogen and oxygen atoms in total. The van der Waals surface area contributed by atoms with Crippen LogP contribution in [0.5, 0.6) is 0 Å². The Kier molecular flexibility index (Phi) is 7.71. The van der Waals surface area contributed by atoms with Gasteiger partial charge in [-0.1, -0.05) is 86.8 Å². The lowest BCUT2D eigenvalue weighted by molar-refractivity contribution is 0.384. The lowest BCUT2D eigenvalue weighted by Gasteiger charge is -2.20. The van der Waals surface area contributed by atoms with Gasteiger partial charge in [0.05, 0.1) is 6.17 Å². The molecule has 2 rings (SSSR count). The smallest absolute Gasteiger partial charge is 0.0576 e. The molecular formula is C20H28N2. The summed E-state index contributed by atoms with van der Waals surface area (Å²) in [6.07, 6.45) is 5.38. The van der Waals surface area contributed by atoms with Gasteiger partial charge >= 0.3 is 0 Å². The maximum Gasteiger partial charge on any atom is 0.0576 e. The second kappa shape index (κ2) is 10.1. The first-order valence-electron chi connectivity index (χ1n) is 8.43. The van der Waals surface area contributed by atoms with E-state index < -0.39 is 0 Å². The molecule has 2 aromatic rings. The molecule has 0 aliphatic rings. The van der Waals surface area contributed by atoms with Gasteiger partial charge in [0.1, 0.15) is 0 Å². The van der Waals surface area contributed by atoms with Crippen molar-refractivity contribution in [3.63, 3.8) is 0 Å². The van der Waals surface area contributed by atoms with Gasteiger partial charge in [0.2, 0.25) is 0 Å². The summed E-state index contributed by atoms with van der Waals surface area (Å²) in [7, 11) is 0. The van der Waals surface area contributed by atoms with Crippen LogP contribution in [0.2, 0.25) is 0 Å². The monoisotopic (exact) mass is 296 g/mol. The quantitative estimate of drug-likeness (QED) is 0.499. The average Bonchev–Trinajstić information content (AvgIpc) is 2.59. The Labute approximate surface area is 135 Å². The van der Waals surface area contributed by atoms with Crippen molar-refractivity contribution in [2.75, 3.05) is 0 Å². The van der Waals surface area contributed by atoms with Gasteiger partial charge in [-0.2, -0.15) is 0 Å². The fourth-order valence-electron chi connectivity index (χ4n) is 2.55. The van der Waals surface area contributed by atoms with Crippen molar-refractivity contribution < 1.29 is 0 Å². The molecule has 2 N–H and O–H groups in total. The van der Waals surface area contributed by atoms with Gasteiger partial charge in [0.15, 0.2) is 0 Å². The van der Waals surface area contributed by atoms with E-state index in [1.165, 1.54) is 36.8 Å². The maximum absolute atomic E-state index is 3.65. The van der Waals surface area contributed by atoms with Gasteiger partial charge in [0, 0.05) is 13.1 Å². The Morgan fingerprint density at radius 1 is 0.727 bits per heavy atom. The molecule has 0 spiro atoms. The molecule has 0 aliphatic heterocycles. The van der Waals surface area contributed by atoms with E-state index in [1.807, 2.05) is 0 Å². The maximum atomic E-state index is 3.65. The SMILES string of the molecule is CCCCCC(NCc1ccccc1)NCc1ccccc1. The Morgan fingerprint density at radius 2 is 1.23 bits per heavy atom. The van der Waals surface area contributed by atoms with Crippen molar-refractivity contribution in [3.8, 4) is 0 Å². The molecule has 2 aromatic carbocycles. The minimum atomic E-state index is 0.368. The van der Waals surface area contributed by atoms with Crippen molar-refractivity contribution in [1.82, 2.24) is 10.6 Å². The van der Waals surface area contributed by atoms with Gasteiger partial charge in [-0.25, -0.2) is 0 Å². The van der Waals surface area contributed by atoms with E-state index in [9.17, 15) is 0 Å². The highest BCUT2D eigenvalue weighted by atomic mass is 15.1. The third kappa shape index (κ3) is 6.42. The molecule has 0 heterocycles. The van der Waals surface area contributed by atoms with Crippen LogP contribution in [-0.4, -0.2) is 6.17 Å². The van der Waals surface area contributed by atoms with E-state index in [4.69, 9.17) is 0 Å². The van der Waals surface area contributed by atoms with Crippen molar-refractivity contribution in [2.24, 2.45) is 0 Å². The fraction of sp³-hybridized carbons (Fsp3) is 0.400. The van der Waals surface area contributed by atoms with Gasteiger partial charge in [-0.15, -0.1) is 0 Å². The van der Waals surface area contributed by atoms with Crippen LogP contribution >= 0.6 is 0 Å². The standard InChI is InChI=1S/C20H28N2/c1-2-3-6-15-20(21-16-18-11-7-4-8-12-18)22-17-19-13-9-5-10-14-19/h4-5,7-14,20-22H,2-3,6,15-17H2,1H3. The fourth-order valence-corrected chi connectivity index (χ4v) is 2.55. The van der Waals surface area contributed by atoms with Crippen molar-refractivity contribution in [2.45, 2.75) is 51.9 Å². The van der Waals surface area contributed by atoms with E-state index in [-0.39, 0.29) is 0 Å². The summed E-state index contributed by atoms with van der Waals surface area (Å²) in [6, 6.07) is 21.2. The predicted octanol–water partition coefficient (Wildman–Crippen LogP) is 4.47. The minimum absolute atomic E-state index is 0.368. The third-order valence-corrected chi connectivity index (χ3v) is 3.89. The van der Waals surface area contributed by atoms with Gasteiger partial charge in [-0.05, 0) is 17.5 Å². The summed E-state index contributed by atoms with van der Waals surface area (Å²) in [6.45, 7) is 4.09. The number of benzene rings is 2. The van der Waals surface area contributed by atoms with Crippen LogP contribution in [0.4, 0.5) is 0 Å². The largest absolute Gasteiger partial charge is 0.298 e. The Morgan fingerprint density at radius 3 is 1.68 bits per heavy atom. The average molecular weight is 296 g/mol. The van der Waals surface area contributed by atoms with Crippen LogP contribution < -0.4 is 10.6 Å². The van der Waals surface area contributed by atoms with Crippen LogP contribution in [0, 0.1) is 0 Å². The van der Waals surface area contributed by atoms with Crippen LogP contribution in [0.3, 0.4) is 0 Å². The zero-order valence-corrected chi connectivity index (χ0v) is 13.6. The molecule has 0 aliphatic carbocycles. The Hall–Kier alpha value is -1.64. The molecule has 0 bridgehead atoms. The second-order valence-electron chi connectivity index (χ2n) is 5.78. The van der Waals surface area contributed by atoms with Gasteiger partial charge in [0.25, 0.3) is 0 Å². The lowest BCUT2D eigenvalue weighted by Crippen LogP contribution is -2.41. The molecule has 0 saturated carbocycles. The van der Waals surface area contributed by atoms with Crippen molar-refractivity contribution in [1.29, 1.82) is 0 Å². The first-order valence-corrected chi connectivity index (χ1v) is 8.43. The summed E-state index contributed by atoms with van der Waals surface area (Å²) < 4.78 is 0. The molecule has 0 unspecified atom stereocenters. The predicted molar refractivity (Wildman–Crippen MR) is 94.5 cm³/mol. The first-order chi connectivity index (χ1) is 10.9. The first kappa shape index (κ1) is 16.7. The molecule has 0 aromatic heterocycles. The van der Waals surface area contributed by atoms with Gasteiger partial charge < -0.3 is 0 Å². The zero-order chi connectivity index (χ0) is 15.5. The molecule has 0 radical (unpaired) electrons. The number of rotatable bonds is 10. The number of hydrogen-bond donors (Lipinski definition) is 2. The normalized spacial score (nSPS) is 11.0. The Bertz CT molecular complexity index is 452. The van der Waals surface area contributed by atoms with Crippen molar-refractivity contribution in [3.05, 3.63) is 71.8 Å². The van der Waals surface area contributed by atoms with E-state index >= 15 is 0 Å². The van der Waals surface area contributed by atoms with Crippen molar-refractivity contribution >= 4 is 0 Å². The van der Waals surface area contributed by atoms with Crippen LogP contribution in [0.1, 0.15) is 43.7 Å². The highest BCUT2D eigenvalue weighted by Crippen LogP contribution is 2.05. The molecule has 0 amide bonds. The molecule has 0 fully saturated rings. The topological polar surface area (TPSA) is 24.1 Å². The number of unbranched alkanes of at least 4 members (excludes halogenated alkanes) is 2. The molecule has 0 saturated heterocycles. The minimum Gasteiger partial charge on any atom is -0.298 e. The van der Waals surface area contributed by atoms with Crippen LogP contribution in [0.25, 0.3) is 0 Å². The molecule has 22 heavy (non-hydrogen) atoms.